The third-order valence-electron chi connectivity index (χ3n) is 4.48. The molecule has 0 aliphatic heterocycles. The maximum atomic E-state index is 12.6. The second-order valence-corrected chi connectivity index (χ2v) is 9.04. The van der Waals surface area contributed by atoms with E-state index in [1.54, 1.807) is 50.2 Å². The number of hydrogen-bond acceptors (Lipinski definition) is 5. The van der Waals surface area contributed by atoms with E-state index in [0.29, 0.717) is 17.2 Å². The minimum absolute atomic E-state index is 0.0418. The second kappa shape index (κ2) is 8.33. The van der Waals surface area contributed by atoms with Crippen LogP contribution >= 0.6 is 0 Å². The standard InChI is InChI=1S/C23H21N3O4S/c1-15(2)26-31(28,29)19-7-5-6-17(14-19)22(27)24-18-12-10-16(11-13-18)23-25-20-8-3-4-9-21(20)30-23/h3-15,26H,1-2H3,(H,24,27). The molecule has 0 fully saturated rings. The van der Waals surface area contributed by atoms with Gasteiger partial charge in [0.1, 0.15) is 5.52 Å². The zero-order valence-corrected chi connectivity index (χ0v) is 17.8. The Morgan fingerprint density at radius 3 is 2.42 bits per heavy atom. The Balaban J connectivity index is 1.51. The molecule has 8 heteroatoms. The number of amides is 1. The van der Waals surface area contributed by atoms with Gasteiger partial charge in [-0.1, -0.05) is 18.2 Å². The van der Waals surface area contributed by atoms with E-state index in [-0.39, 0.29) is 16.5 Å². The van der Waals surface area contributed by atoms with Crippen molar-refractivity contribution >= 4 is 32.7 Å². The van der Waals surface area contributed by atoms with Crippen molar-refractivity contribution in [1.29, 1.82) is 0 Å². The van der Waals surface area contributed by atoms with Crippen molar-refractivity contribution in [3.05, 3.63) is 78.4 Å². The SMILES string of the molecule is CC(C)NS(=O)(=O)c1cccc(C(=O)Nc2ccc(-c3nc4ccccc4o3)cc2)c1. The maximum absolute atomic E-state index is 12.6. The van der Waals surface area contributed by atoms with Crippen LogP contribution in [0.5, 0.6) is 0 Å². The van der Waals surface area contributed by atoms with Crippen molar-refractivity contribution in [2.75, 3.05) is 5.32 Å². The number of sulfonamides is 1. The van der Waals surface area contributed by atoms with Crippen molar-refractivity contribution in [2.24, 2.45) is 0 Å². The number of hydrogen-bond donors (Lipinski definition) is 2. The van der Waals surface area contributed by atoms with Gasteiger partial charge in [-0.05, 0) is 68.4 Å². The first-order valence-corrected chi connectivity index (χ1v) is 11.2. The molecular weight excluding hydrogens is 414 g/mol. The van der Waals surface area contributed by atoms with Gasteiger partial charge in [-0.25, -0.2) is 18.1 Å². The topological polar surface area (TPSA) is 101 Å². The van der Waals surface area contributed by atoms with E-state index in [1.165, 1.54) is 12.1 Å². The highest BCUT2D eigenvalue weighted by atomic mass is 32.2. The number of nitrogens with one attached hydrogen (secondary N) is 2. The molecule has 158 valence electrons. The lowest BCUT2D eigenvalue weighted by atomic mass is 10.2. The van der Waals surface area contributed by atoms with Crippen molar-refractivity contribution in [3.8, 4) is 11.5 Å². The van der Waals surface area contributed by atoms with E-state index in [1.807, 2.05) is 24.3 Å². The maximum Gasteiger partial charge on any atom is 0.255 e. The number of fused-ring (bicyclic) bond motifs is 1. The van der Waals surface area contributed by atoms with Crippen LogP contribution in [0.25, 0.3) is 22.6 Å². The summed E-state index contributed by atoms with van der Waals surface area (Å²) in [7, 11) is -3.68. The lowest BCUT2D eigenvalue weighted by Crippen LogP contribution is -2.30. The average molecular weight is 436 g/mol. The predicted octanol–water partition coefficient (Wildman–Crippen LogP) is 4.43. The van der Waals surface area contributed by atoms with E-state index < -0.39 is 15.9 Å². The first kappa shape index (κ1) is 20.8. The molecule has 1 heterocycles. The van der Waals surface area contributed by atoms with Crippen LogP contribution in [0.15, 0.2) is 82.1 Å². The Morgan fingerprint density at radius 1 is 0.968 bits per heavy atom. The van der Waals surface area contributed by atoms with Crippen LogP contribution in [-0.4, -0.2) is 25.4 Å². The smallest absolute Gasteiger partial charge is 0.255 e. The van der Waals surface area contributed by atoms with Crippen molar-refractivity contribution in [2.45, 2.75) is 24.8 Å². The quantitative estimate of drug-likeness (QED) is 0.466. The van der Waals surface area contributed by atoms with Gasteiger partial charge in [0, 0.05) is 22.9 Å². The van der Waals surface area contributed by atoms with E-state index in [2.05, 4.69) is 15.0 Å². The minimum Gasteiger partial charge on any atom is -0.436 e. The van der Waals surface area contributed by atoms with Crippen molar-refractivity contribution in [1.82, 2.24) is 9.71 Å². The Bertz CT molecular complexity index is 1310. The molecule has 1 amide bonds. The molecule has 7 nitrogen and oxygen atoms in total. The molecule has 0 saturated carbocycles. The summed E-state index contributed by atoms with van der Waals surface area (Å²) in [6.45, 7) is 3.47. The fourth-order valence-corrected chi connectivity index (χ4v) is 4.37. The first-order valence-electron chi connectivity index (χ1n) is 9.71. The van der Waals surface area contributed by atoms with Crippen LogP contribution in [-0.2, 0) is 10.0 Å². The monoisotopic (exact) mass is 435 g/mol. The van der Waals surface area contributed by atoms with Gasteiger partial charge >= 0.3 is 0 Å². The highest BCUT2D eigenvalue weighted by Crippen LogP contribution is 2.25. The summed E-state index contributed by atoms with van der Waals surface area (Å²) in [6, 6.07) is 20.3. The Labute approximate surface area is 180 Å². The van der Waals surface area contributed by atoms with E-state index in [0.717, 1.165) is 11.1 Å². The number of anilines is 1. The molecule has 0 unspecified atom stereocenters. The number of oxazole rings is 1. The van der Waals surface area contributed by atoms with Crippen molar-refractivity contribution in [3.63, 3.8) is 0 Å². The van der Waals surface area contributed by atoms with Crippen LogP contribution in [0, 0.1) is 0 Å². The van der Waals surface area contributed by atoms with Gasteiger partial charge in [0.2, 0.25) is 15.9 Å². The fraction of sp³-hybridized carbons (Fsp3) is 0.130. The highest BCUT2D eigenvalue weighted by molar-refractivity contribution is 7.89. The molecule has 31 heavy (non-hydrogen) atoms. The molecule has 0 spiro atoms. The number of carbonyl (C=O) groups is 1. The molecule has 0 saturated heterocycles. The third-order valence-corrected chi connectivity index (χ3v) is 6.14. The number of carbonyl (C=O) groups excluding carboxylic acids is 1. The van der Waals surface area contributed by atoms with Gasteiger partial charge in [-0.3, -0.25) is 4.79 Å². The zero-order chi connectivity index (χ0) is 22.0. The molecule has 0 radical (unpaired) electrons. The average Bonchev–Trinajstić information content (AvgIpc) is 3.18. The summed E-state index contributed by atoms with van der Waals surface area (Å²) in [5, 5.41) is 2.78. The normalized spacial score (nSPS) is 11.7. The van der Waals surface area contributed by atoms with Gasteiger partial charge in [0.05, 0.1) is 4.90 Å². The molecule has 0 bridgehead atoms. The molecule has 0 atom stereocenters. The molecular formula is C23H21N3O4S. The largest absolute Gasteiger partial charge is 0.436 e. The minimum atomic E-state index is -3.68. The Kier molecular flexibility index (Phi) is 5.58. The first-order chi connectivity index (χ1) is 14.8. The lowest BCUT2D eigenvalue weighted by Gasteiger charge is -2.11. The predicted molar refractivity (Wildman–Crippen MR) is 119 cm³/mol. The zero-order valence-electron chi connectivity index (χ0n) is 17.0. The summed E-state index contributed by atoms with van der Waals surface area (Å²) in [6.07, 6.45) is 0. The number of rotatable bonds is 6. The molecule has 0 aliphatic carbocycles. The van der Waals surface area contributed by atoms with Crippen LogP contribution in [0.2, 0.25) is 0 Å². The fourth-order valence-electron chi connectivity index (χ4n) is 3.08. The van der Waals surface area contributed by atoms with Crippen LogP contribution < -0.4 is 10.0 Å². The van der Waals surface area contributed by atoms with Gasteiger partial charge < -0.3 is 9.73 Å². The summed E-state index contributed by atoms with van der Waals surface area (Å²) in [4.78, 5) is 17.1. The van der Waals surface area contributed by atoms with E-state index >= 15 is 0 Å². The number of para-hydroxylation sites is 2. The van der Waals surface area contributed by atoms with Crippen LogP contribution in [0.3, 0.4) is 0 Å². The Hall–Kier alpha value is -3.49. The molecule has 0 aliphatic rings. The van der Waals surface area contributed by atoms with E-state index in [9.17, 15) is 13.2 Å². The number of aromatic nitrogens is 1. The summed E-state index contributed by atoms with van der Waals surface area (Å²) in [5.41, 5.74) is 3.07. The summed E-state index contributed by atoms with van der Waals surface area (Å²) in [5.74, 6) is 0.0887. The molecule has 4 rings (SSSR count). The van der Waals surface area contributed by atoms with Gasteiger partial charge in [0.25, 0.3) is 5.91 Å². The van der Waals surface area contributed by atoms with Crippen LogP contribution in [0.1, 0.15) is 24.2 Å². The number of benzene rings is 3. The molecule has 2 N–H and O–H groups in total. The molecule has 4 aromatic rings. The Morgan fingerprint density at radius 2 is 1.71 bits per heavy atom. The molecule has 3 aromatic carbocycles. The lowest BCUT2D eigenvalue weighted by molar-refractivity contribution is 0.102. The highest BCUT2D eigenvalue weighted by Gasteiger charge is 2.17. The van der Waals surface area contributed by atoms with Gasteiger partial charge in [0.15, 0.2) is 5.58 Å². The second-order valence-electron chi connectivity index (χ2n) is 7.32. The third kappa shape index (κ3) is 4.65. The van der Waals surface area contributed by atoms with Gasteiger partial charge in [-0.2, -0.15) is 0 Å². The number of nitrogens with zero attached hydrogens (tertiary/aromatic N) is 1. The van der Waals surface area contributed by atoms with Crippen molar-refractivity contribution < 1.29 is 17.6 Å². The summed E-state index contributed by atoms with van der Waals surface area (Å²) >= 11 is 0. The summed E-state index contributed by atoms with van der Waals surface area (Å²) < 4.78 is 33.0. The molecule has 1 aromatic heterocycles. The van der Waals surface area contributed by atoms with E-state index in [4.69, 9.17) is 4.42 Å². The van der Waals surface area contributed by atoms with Crippen LogP contribution in [0.4, 0.5) is 5.69 Å². The van der Waals surface area contributed by atoms with Gasteiger partial charge in [-0.15, -0.1) is 0 Å².